The zero-order chi connectivity index (χ0) is 13.8. The lowest BCUT2D eigenvalue weighted by molar-refractivity contribution is 0.554. The Labute approximate surface area is 125 Å². The highest BCUT2D eigenvalue weighted by Gasteiger charge is 2.19. The molecule has 0 spiro atoms. The fraction of sp³-hybridized carbons (Fsp3) is 0.214. The first-order valence-electron chi connectivity index (χ1n) is 5.91. The van der Waals surface area contributed by atoms with Crippen molar-refractivity contribution in [1.29, 1.82) is 0 Å². The summed E-state index contributed by atoms with van der Waals surface area (Å²) in [5, 5.41) is 3.85. The third-order valence-electron chi connectivity index (χ3n) is 2.79. The van der Waals surface area contributed by atoms with Crippen LogP contribution in [0.4, 0.5) is 4.39 Å². The van der Waals surface area contributed by atoms with Gasteiger partial charge in [0.25, 0.3) is 0 Å². The molecule has 1 N–H and O–H groups in total. The van der Waals surface area contributed by atoms with E-state index in [1.165, 1.54) is 6.20 Å². The molecule has 100 valence electrons. The molecule has 1 heterocycles. The quantitative estimate of drug-likeness (QED) is 0.893. The predicted octanol–water partition coefficient (Wildman–Crippen LogP) is 4.34. The highest BCUT2D eigenvalue weighted by molar-refractivity contribution is 9.10. The van der Waals surface area contributed by atoms with Gasteiger partial charge in [0.05, 0.1) is 12.2 Å². The number of hydrogen-bond acceptors (Lipinski definition) is 2. The van der Waals surface area contributed by atoms with Crippen LogP contribution in [0.5, 0.6) is 0 Å². The van der Waals surface area contributed by atoms with Crippen LogP contribution < -0.4 is 5.32 Å². The first-order chi connectivity index (χ1) is 9.13. The molecule has 19 heavy (non-hydrogen) atoms. The third kappa shape index (κ3) is 3.32. The Morgan fingerprint density at radius 2 is 2.16 bits per heavy atom. The molecule has 2 rings (SSSR count). The minimum absolute atomic E-state index is 0.294. The standard InChI is InChI=1S/C14H13BrClFN2/c1-2-19-14(10-5-6-18-8-13(10)17)11-7-9(15)3-4-12(11)16/h3-8,14,19H,2H2,1H3. The molecule has 1 unspecified atom stereocenters. The van der Waals surface area contributed by atoms with Gasteiger partial charge in [-0.2, -0.15) is 0 Å². The van der Waals surface area contributed by atoms with Gasteiger partial charge >= 0.3 is 0 Å². The summed E-state index contributed by atoms with van der Waals surface area (Å²) in [7, 11) is 0. The minimum atomic E-state index is -0.343. The Kier molecular flexibility index (Phi) is 4.91. The molecule has 0 bridgehead atoms. The van der Waals surface area contributed by atoms with E-state index in [1.54, 1.807) is 18.3 Å². The van der Waals surface area contributed by atoms with E-state index in [2.05, 4.69) is 26.2 Å². The molecule has 0 radical (unpaired) electrons. The molecule has 0 amide bonds. The van der Waals surface area contributed by atoms with E-state index in [0.717, 1.165) is 10.0 Å². The molecule has 0 aliphatic carbocycles. The molecule has 0 aliphatic heterocycles. The molecular weight excluding hydrogens is 331 g/mol. The Bertz CT molecular complexity index is 577. The topological polar surface area (TPSA) is 24.9 Å². The molecule has 0 fully saturated rings. The van der Waals surface area contributed by atoms with Crippen LogP contribution in [0, 0.1) is 5.82 Å². The lowest BCUT2D eigenvalue weighted by atomic mass is 9.99. The first-order valence-corrected chi connectivity index (χ1v) is 7.08. The first kappa shape index (κ1) is 14.4. The molecule has 2 nitrogen and oxygen atoms in total. The minimum Gasteiger partial charge on any atom is -0.306 e. The highest BCUT2D eigenvalue weighted by Crippen LogP contribution is 2.31. The summed E-state index contributed by atoms with van der Waals surface area (Å²) in [6.45, 7) is 2.67. The second-order valence-electron chi connectivity index (χ2n) is 4.05. The van der Waals surface area contributed by atoms with Crippen LogP contribution in [0.3, 0.4) is 0 Å². The summed E-state index contributed by atoms with van der Waals surface area (Å²) in [6.07, 6.45) is 2.79. The van der Waals surface area contributed by atoms with Crippen molar-refractivity contribution in [2.24, 2.45) is 0 Å². The van der Waals surface area contributed by atoms with Crippen molar-refractivity contribution in [2.45, 2.75) is 13.0 Å². The summed E-state index contributed by atoms with van der Waals surface area (Å²) in [5.74, 6) is -0.343. The van der Waals surface area contributed by atoms with Gasteiger partial charge in [-0.3, -0.25) is 4.98 Å². The number of hydrogen-bond donors (Lipinski definition) is 1. The van der Waals surface area contributed by atoms with E-state index in [1.807, 2.05) is 19.1 Å². The van der Waals surface area contributed by atoms with Crippen LogP contribution in [-0.4, -0.2) is 11.5 Å². The SMILES string of the molecule is CCNC(c1ccncc1F)c1cc(Br)ccc1Cl. The van der Waals surface area contributed by atoms with Gasteiger partial charge in [0.1, 0.15) is 5.82 Å². The maximum Gasteiger partial charge on any atom is 0.146 e. The van der Waals surface area contributed by atoms with Crippen molar-refractivity contribution in [3.8, 4) is 0 Å². The smallest absolute Gasteiger partial charge is 0.146 e. The van der Waals surface area contributed by atoms with Gasteiger partial charge in [-0.1, -0.05) is 34.5 Å². The number of pyridine rings is 1. The van der Waals surface area contributed by atoms with Gasteiger partial charge in [0.15, 0.2) is 0 Å². The van der Waals surface area contributed by atoms with Gasteiger partial charge in [-0.15, -0.1) is 0 Å². The predicted molar refractivity (Wildman–Crippen MR) is 78.9 cm³/mol. The Morgan fingerprint density at radius 1 is 1.37 bits per heavy atom. The van der Waals surface area contributed by atoms with Crippen molar-refractivity contribution in [3.05, 3.63) is 63.1 Å². The third-order valence-corrected chi connectivity index (χ3v) is 3.63. The van der Waals surface area contributed by atoms with Gasteiger partial charge < -0.3 is 5.32 Å². The van der Waals surface area contributed by atoms with Crippen LogP contribution >= 0.6 is 27.5 Å². The summed E-state index contributed by atoms with van der Waals surface area (Å²) in [5.41, 5.74) is 1.37. The van der Waals surface area contributed by atoms with Gasteiger partial charge in [-0.25, -0.2) is 4.39 Å². The van der Waals surface area contributed by atoms with Crippen molar-refractivity contribution >= 4 is 27.5 Å². The molecular formula is C14H13BrClFN2. The number of rotatable bonds is 4. The van der Waals surface area contributed by atoms with Crippen LogP contribution in [-0.2, 0) is 0 Å². The van der Waals surface area contributed by atoms with E-state index < -0.39 is 0 Å². The van der Waals surface area contributed by atoms with Crippen molar-refractivity contribution < 1.29 is 4.39 Å². The number of aromatic nitrogens is 1. The maximum absolute atomic E-state index is 13.9. The van der Waals surface area contributed by atoms with Crippen molar-refractivity contribution in [1.82, 2.24) is 10.3 Å². The Hall–Kier alpha value is -0.970. The number of nitrogens with one attached hydrogen (secondary N) is 1. The average molecular weight is 344 g/mol. The Morgan fingerprint density at radius 3 is 2.84 bits per heavy atom. The monoisotopic (exact) mass is 342 g/mol. The maximum atomic E-state index is 13.9. The Balaban J connectivity index is 2.51. The highest BCUT2D eigenvalue weighted by atomic mass is 79.9. The second kappa shape index (κ2) is 6.46. The van der Waals surface area contributed by atoms with Crippen LogP contribution in [0.2, 0.25) is 5.02 Å². The van der Waals surface area contributed by atoms with Gasteiger partial charge in [0.2, 0.25) is 0 Å². The van der Waals surface area contributed by atoms with Crippen molar-refractivity contribution in [3.63, 3.8) is 0 Å². The van der Waals surface area contributed by atoms with E-state index in [9.17, 15) is 4.39 Å². The normalized spacial score (nSPS) is 12.4. The largest absolute Gasteiger partial charge is 0.306 e. The molecule has 0 saturated heterocycles. The zero-order valence-electron chi connectivity index (χ0n) is 10.3. The lowest BCUT2D eigenvalue weighted by Crippen LogP contribution is -2.23. The molecule has 1 atom stereocenters. The van der Waals surface area contributed by atoms with Crippen LogP contribution in [0.1, 0.15) is 24.1 Å². The molecule has 2 aromatic rings. The number of benzene rings is 1. The molecule has 5 heteroatoms. The van der Waals surface area contributed by atoms with Crippen molar-refractivity contribution in [2.75, 3.05) is 6.54 Å². The molecule has 1 aromatic carbocycles. The van der Waals surface area contributed by atoms with E-state index >= 15 is 0 Å². The second-order valence-corrected chi connectivity index (χ2v) is 5.38. The number of halogens is 3. The molecule has 0 saturated carbocycles. The lowest BCUT2D eigenvalue weighted by Gasteiger charge is -2.20. The summed E-state index contributed by atoms with van der Waals surface area (Å²) in [4.78, 5) is 3.78. The van der Waals surface area contributed by atoms with Gasteiger partial charge in [-0.05, 0) is 36.4 Å². The van der Waals surface area contributed by atoms with Crippen LogP contribution in [0.15, 0.2) is 41.1 Å². The summed E-state index contributed by atoms with van der Waals surface area (Å²) in [6, 6.07) is 6.93. The molecule has 1 aromatic heterocycles. The van der Waals surface area contributed by atoms with E-state index in [0.29, 0.717) is 17.1 Å². The fourth-order valence-electron chi connectivity index (χ4n) is 1.95. The average Bonchev–Trinajstić information content (AvgIpc) is 2.40. The molecule has 0 aliphatic rings. The zero-order valence-corrected chi connectivity index (χ0v) is 12.7. The van der Waals surface area contributed by atoms with Gasteiger partial charge in [0, 0.05) is 21.3 Å². The van der Waals surface area contributed by atoms with E-state index in [4.69, 9.17) is 11.6 Å². The van der Waals surface area contributed by atoms with E-state index in [-0.39, 0.29) is 11.9 Å². The summed E-state index contributed by atoms with van der Waals surface area (Å²) < 4.78 is 14.8. The fourth-order valence-corrected chi connectivity index (χ4v) is 2.55. The summed E-state index contributed by atoms with van der Waals surface area (Å²) >= 11 is 9.64. The van der Waals surface area contributed by atoms with Crippen LogP contribution in [0.25, 0.3) is 0 Å². The number of nitrogens with zero attached hydrogens (tertiary/aromatic N) is 1.